The third-order valence-electron chi connectivity index (χ3n) is 9.76. The predicted molar refractivity (Wildman–Crippen MR) is 180 cm³/mol. The maximum absolute atomic E-state index is 14.4. The molecule has 9 nitrogen and oxygen atoms in total. The van der Waals surface area contributed by atoms with E-state index in [1.165, 1.54) is 4.90 Å². The molecule has 1 aromatic carbocycles. The van der Waals surface area contributed by atoms with Crippen LogP contribution in [0.2, 0.25) is 36.3 Å². The molecule has 0 bridgehead atoms. The molecule has 1 saturated heterocycles. The summed E-state index contributed by atoms with van der Waals surface area (Å²) in [5, 5.41) is 15.4. The fourth-order valence-electron chi connectivity index (χ4n) is 6.40. The molecule has 44 heavy (non-hydrogen) atoms. The summed E-state index contributed by atoms with van der Waals surface area (Å²) >= 11 is 0. The van der Waals surface area contributed by atoms with Crippen molar-refractivity contribution in [3.8, 4) is 12.3 Å². The van der Waals surface area contributed by atoms with Crippen molar-refractivity contribution in [1.29, 1.82) is 0 Å². The van der Waals surface area contributed by atoms with Gasteiger partial charge in [-0.25, -0.2) is 4.79 Å². The Labute approximate surface area is 267 Å². The average Bonchev–Trinajstić information content (AvgIpc) is 3.44. The summed E-state index contributed by atoms with van der Waals surface area (Å²) in [7, 11) is -4.29. The molecule has 0 aliphatic carbocycles. The van der Waals surface area contributed by atoms with Crippen LogP contribution in [0, 0.1) is 12.3 Å². The van der Waals surface area contributed by atoms with Gasteiger partial charge in [0, 0.05) is 18.5 Å². The molecule has 1 aliphatic heterocycles. The average molecular weight is 646 g/mol. The first kappa shape index (κ1) is 37.5. The maximum Gasteiger partial charge on any atom is 0.405 e. The SMILES string of the molecule is C#Cc1ccc([C@H](C)NC(=O)[C@@H]2C[C@@H](O[Si](CC)(CC)CC)CN2C(=O)C(NC(=O)O)C(C)(C)O[Si](CC)(CC)CC)cc1. The Hall–Kier alpha value is -2.66. The Balaban J connectivity index is 2.48. The van der Waals surface area contributed by atoms with E-state index >= 15 is 0 Å². The number of likely N-dealkylation sites (tertiary alicyclic amines) is 1. The predicted octanol–water partition coefficient (Wildman–Crippen LogP) is 6.27. The lowest BCUT2D eigenvalue weighted by molar-refractivity contribution is -0.144. The summed E-state index contributed by atoms with van der Waals surface area (Å²) in [6.07, 6.45) is 4.20. The van der Waals surface area contributed by atoms with Gasteiger partial charge in [-0.2, -0.15) is 0 Å². The van der Waals surface area contributed by atoms with Gasteiger partial charge in [-0.3, -0.25) is 9.59 Å². The second-order valence-electron chi connectivity index (χ2n) is 12.6. The lowest BCUT2D eigenvalue weighted by Gasteiger charge is -2.43. The van der Waals surface area contributed by atoms with Crippen LogP contribution in [0.3, 0.4) is 0 Å². The molecule has 1 unspecified atom stereocenters. The molecule has 0 aromatic heterocycles. The minimum Gasteiger partial charge on any atom is -0.465 e. The van der Waals surface area contributed by atoms with Crippen LogP contribution >= 0.6 is 0 Å². The molecule has 1 aromatic rings. The van der Waals surface area contributed by atoms with Gasteiger partial charge in [-0.15, -0.1) is 6.42 Å². The molecule has 246 valence electrons. The number of nitrogens with one attached hydrogen (secondary N) is 2. The van der Waals surface area contributed by atoms with Crippen molar-refractivity contribution in [2.45, 2.75) is 135 Å². The van der Waals surface area contributed by atoms with Gasteiger partial charge in [0.25, 0.3) is 0 Å². The Morgan fingerprint density at radius 3 is 1.95 bits per heavy atom. The number of carbonyl (C=O) groups is 3. The first-order valence-corrected chi connectivity index (χ1v) is 21.3. The van der Waals surface area contributed by atoms with Crippen LogP contribution < -0.4 is 10.6 Å². The van der Waals surface area contributed by atoms with E-state index in [9.17, 15) is 19.5 Å². The van der Waals surface area contributed by atoms with E-state index in [0.717, 1.165) is 47.4 Å². The van der Waals surface area contributed by atoms with E-state index in [2.05, 4.69) is 58.1 Å². The molecule has 0 radical (unpaired) electrons. The highest BCUT2D eigenvalue weighted by atomic mass is 28.4. The molecule has 3 N–H and O–H groups in total. The van der Waals surface area contributed by atoms with Crippen molar-refractivity contribution in [2.24, 2.45) is 0 Å². The Kier molecular flexibility index (Phi) is 13.7. The number of terminal acetylenes is 1. The molecule has 2 rings (SSSR count). The van der Waals surface area contributed by atoms with Gasteiger partial charge in [0.15, 0.2) is 16.6 Å². The van der Waals surface area contributed by atoms with Crippen LogP contribution in [0.15, 0.2) is 24.3 Å². The highest BCUT2D eigenvalue weighted by Crippen LogP contribution is 2.34. The zero-order valence-electron chi connectivity index (χ0n) is 28.3. The second-order valence-corrected chi connectivity index (χ2v) is 22.0. The first-order valence-electron chi connectivity index (χ1n) is 16.2. The molecule has 0 spiro atoms. The third-order valence-corrected chi connectivity index (χ3v) is 19.3. The largest absolute Gasteiger partial charge is 0.465 e. The Morgan fingerprint density at radius 2 is 1.50 bits per heavy atom. The van der Waals surface area contributed by atoms with Gasteiger partial charge in [0.1, 0.15) is 12.1 Å². The molecule has 1 fully saturated rings. The Morgan fingerprint density at radius 1 is 0.977 bits per heavy atom. The van der Waals surface area contributed by atoms with Crippen molar-refractivity contribution in [3.63, 3.8) is 0 Å². The van der Waals surface area contributed by atoms with Gasteiger partial charge in [-0.1, -0.05) is 59.6 Å². The zero-order valence-corrected chi connectivity index (χ0v) is 30.3. The molecular formula is C33H55N3O6Si2. The van der Waals surface area contributed by atoms with Crippen LogP contribution in [0.5, 0.6) is 0 Å². The fourth-order valence-corrected chi connectivity index (χ4v) is 12.4. The summed E-state index contributed by atoms with van der Waals surface area (Å²) in [6, 6.07) is 10.4. The van der Waals surface area contributed by atoms with Gasteiger partial charge in [0.2, 0.25) is 11.8 Å². The molecule has 11 heteroatoms. The van der Waals surface area contributed by atoms with E-state index in [0.29, 0.717) is 6.42 Å². The van der Waals surface area contributed by atoms with Crippen molar-refractivity contribution in [1.82, 2.24) is 15.5 Å². The van der Waals surface area contributed by atoms with Crippen molar-refractivity contribution in [3.05, 3.63) is 35.4 Å². The van der Waals surface area contributed by atoms with Crippen LogP contribution in [0.1, 0.15) is 85.9 Å². The molecule has 1 aliphatic rings. The molecular weight excluding hydrogens is 591 g/mol. The maximum atomic E-state index is 14.4. The van der Waals surface area contributed by atoms with Gasteiger partial charge < -0.3 is 29.5 Å². The topological polar surface area (TPSA) is 117 Å². The lowest BCUT2D eigenvalue weighted by atomic mass is 9.97. The minimum atomic E-state index is -2.23. The normalized spacial score (nSPS) is 18.8. The van der Waals surface area contributed by atoms with Gasteiger partial charge >= 0.3 is 6.09 Å². The van der Waals surface area contributed by atoms with Crippen molar-refractivity contribution in [2.75, 3.05) is 6.54 Å². The highest BCUT2D eigenvalue weighted by Gasteiger charge is 2.50. The third kappa shape index (κ3) is 8.96. The molecule has 1 heterocycles. The van der Waals surface area contributed by atoms with Crippen molar-refractivity contribution >= 4 is 34.5 Å². The number of rotatable bonds is 16. The number of nitrogens with zero attached hydrogens (tertiary/aromatic N) is 1. The molecule has 4 atom stereocenters. The summed E-state index contributed by atoms with van der Waals surface area (Å²) in [5.74, 6) is 1.82. The van der Waals surface area contributed by atoms with Gasteiger partial charge in [-0.05, 0) is 74.7 Å². The quantitative estimate of drug-likeness (QED) is 0.144. The highest BCUT2D eigenvalue weighted by molar-refractivity contribution is 6.74. The zero-order chi connectivity index (χ0) is 33.3. The van der Waals surface area contributed by atoms with Crippen molar-refractivity contribution < 1.29 is 28.3 Å². The summed E-state index contributed by atoms with van der Waals surface area (Å²) in [6.45, 7) is 18.4. The summed E-state index contributed by atoms with van der Waals surface area (Å²) in [4.78, 5) is 41.9. The van der Waals surface area contributed by atoms with E-state index in [-0.39, 0.29) is 24.6 Å². The van der Waals surface area contributed by atoms with E-state index in [1.54, 1.807) is 13.8 Å². The smallest absolute Gasteiger partial charge is 0.405 e. The monoisotopic (exact) mass is 645 g/mol. The van der Waals surface area contributed by atoms with Crippen LogP contribution in [-0.2, 0) is 18.4 Å². The second kappa shape index (κ2) is 16.1. The summed E-state index contributed by atoms with van der Waals surface area (Å²) in [5.41, 5.74) is 0.499. The van der Waals surface area contributed by atoms with Gasteiger partial charge in [0.05, 0.1) is 17.7 Å². The minimum absolute atomic E-state index is 0.211. The van der Waals surface area contributed by atoms with E-state index in [4.69, 9.17) is 15.3 Å². The van der Waals surface area contributed by atoms with E-state index in [1.807, 2.05) is 31.2 Å². The standard InChI is InChI=1S/C33H55N3O6Si2/c1-11-25-18-20-26(21-19-25)24(8)34-30(37)28-22-27(41-43(12-2,13-3)14-4)23-36(28)31(38)29(35-32(39)40)33(9,10)42-44(15-5,16-6)17-7/h1,18-21,24,27-29,35H,12-17,22-23H2,2-10H3,(H,34,37)(H,39,40)/t24-,27+,28-,29?/m0/s1. The van der Waals surface area contributed by atoms with E-state index < -0.39 is 46.3 Å². The van der Waals surface area contributed by atoms with Crippen LogP contribution in [0.25, 0.3) is 0 Å². The molecule has 0 saturated carbocycles. The van der Waals surface area contributed by atoms with Crippen LogP contribution in [0.4, 0.5) is 4.79 Å². The lowest BCUT2D eigenvalue weighted by Crippen LogP contribution is -2.63. The molecule has 3 amide bonds. The number of carbonyl (C=O) groups excluding carboxylic acids is 2. The first-order chi connectivity index (χ1) is 20.7. The number of benzene rings is 1. The number of amides is 3. The fraction of sp³-hybridized carbons (Fsp3) is 0.667. The summed E-state index contributed by atoms with van der Waals surface area (Å²) < 4.78 is 13.5. The Bertz CT molecular complexity index is 1140. The number of hydrogen-bond donors (Lipinski definition) is 3. The number of carboxylic acid groups (broad SMARTS) is 1. The number of hydrogen-bond acceptors (Lipinski definition) is 5. The van der Waals surface area contributed by atoms with Crippen LogP contribution in [-0.4, -0.2) is 74.9 Å².